The largest absolute Gasteiger partial charge is 0.471 e. The summed E-state index contributed by atoms with van der Waals surface area (Å²) in [6.45, 7) is 0. The molecule has 1 unspecified atom stereocenters. The Bertz CT molecular complexity index is 1410. The molecule has 0 bridgehead atoms. The lowest BCUT2D eigenvalue weighted by molar-refractivity contribution is -0.537. The van der Waals surface area contributed by atoms with Gasteiger partial charge < -0.3 is 4.74 Å². The second-order valence-electron chi connectivity index (χ2n) is 8.45. The minimum atomic E-state index is -9.93. The van der Waals surface area contributed by atoms with Gasteiger partial charge >= 0.3 is 99.1 Å². The summed E-state index contributed by atoms with van der Waals surface area (Å²) >= 11 is 0. The van der Waals surface area contributed by atoms with Crippen molar-refractivity contribution in [3.05, 3.63) is 12.1 Å². The van der Waals surface area contributed by atoms with Crippen LogP contribution >= 0.6 is 0 Å². The third-order valence-electron chi connectivity index (χ3n) is 5.19. The molecule has 0 aromatic rings. The number of rotatable bonds is 15. The molecule has 50 heavy (non-hydrogen) atoms. The molecule has 300 valence electrons. The summed E-state index contributed by atoms with van der Waals surface area (Å²) in [5, 5.41) is -8.32. The standard InChI is InChI=1S/C15HF29O5S/c16-1(17)2(18)48-14(41,42)11(35,12(36,37)38)49-13(39,40)9(31,32)7(27,28)5(23,24)3(19,20)4(21,22)6(25,26)8(29,30)10(33,34)15(43,44)50(45,46)47/h(H,45,46,47). The van der Waals surface area contributed by atoms with Gasteiger partial charge in [0.1, 0.15) is 0 Å². The fourth-order valence-electron chi connectivity index (χ4n) is 2.45. The SMILES string of the molecule is O=S(=O)(O)C(F)(F)C(F)(F)C(F)(F)C(F)(F)C(F)(F)C(F)(F)C(F)(F)C(F)(F)C(F)(F)C(F)(F)OC(F)(C(F)(F)F)C(F)(F)OC(F)=C(F)F. The molecular formula is C15HF29O5S. The third kappa shape index (κ3) is 6.17. The molecule has 0 rings (SSSR count). The van der Waals surface area contributed by atoms with Gasteiger partial charge in [-0.25, -0.2) is 0 Å². The second kappa shape index (κ2) is 12.0. The lowest BCUT2D eigenvalue weighted by Gasteiger charge is -2.45. The van der Waals surface area contributed by atoms with E-state index in [1.54, 1.807) is 0 Å². The lowest BCUT2D eigenvalue weighted by Crippen LogP contribution is -2.77. The van der Waals surface area contributed by atoms with Crippen LogP contribution in [0.2, 0.25) is 0 Å². The highest BCUT2D eigenvalue weighted by molar-refractivity contribution is 7.87. The average Bonchev–Trinajstić information content (AvgIpc) is 2.85. The zero-order valence-corrected chi connectivity index (χ0v) is 21.8. The van der Waals surface area contributed by atoms with Crippen LogP contribution in [0, 0.1) is 0 Å². The van der Waals surface area contributed by atoms with E-state index in [-0.39, 0.29) is 0 Å². The minimum absolute atomic E-state index is 0.854. The second-order valence-corrected chi connectivity index (χ2v) is 9.91. The molecule has 0 aliphatic heterocycles. The van der Waals surface area contributed by atoms with Crippen molar-refractivity contribution >= 4 is 10.1 Å². The van der Waals surface area contributed by atoms with Crippen LogP contribution in [0.1, 0.15) is 0 Å². The highest BCUT2D eigenvalue weighted by Crippen LogP contribution is 2.67. The van der Waals surface area contributed by atoms with Gasteiger partial charge in [0.15, 0.2) is 0 Å². The zero-order valence-electron chi connectivity index (χ0n) is 20.9. The molecule has 0 aromatic carbocycles. The molecule has 0 heterocycles. The van der Waals surface area contributed by atoms with Gasteiger partial charge in [-0.2, -0.15) is 136 Å². The van der Waals surface area contributed by atoms with Gasteiger partial charge in [0, 0.05) is 0 Å². The Kier molecular flexibility index (Phi) is 11.3. The Morgan fingerprint density at radius 1 is 0.420 bits per heavy atom. The van der Waals surface area contributed by atoms with Crippen LogP contribution in [0.25, 0.3) is 0 Å². The van der Waals surface area contributed by atoms with Gasteiger partial charge in [-0.05, 0) is 0 Å². The molecule has 0 aliphatic carbocycles. The van der Waals surface area contributed by atoms with Crippen LogP contribution in [0.4, 0.5) is 127 Å². The van der Waals surface area contributed by atoms with Crippen LogP contribution in [0.3, 0.4) is 0 Å². The van der Waals surface area contributed by atoms with Gasteiger partial charge in [0.2, 0.25) is 0 Å². The van der Waals surface area contributed by atoms with E-state index in [9.17, 15) is 136 Å². The van der Waals surface area contributed by atoms with E-state index in [1.165, 1.54) is 4.74 Å². The highest BCUT2D eigenvalue weighted by Gasteiger charge is 2.99. The molecule has 0 saturated heterocycles. The summed E-state index contributed by atoms with van der Waals surface area (Å²) in [5.41, 5.74) is 0. The first kappa shape index (κ1) is 47.4. The monoisotopic (exact) mass is 844 g/mol. The molecule has 1 N–H and O–H groups in total. The summed E-state index contributed by atoms with van der Waals surface area (Å²) in [4.78, 5) is 0. The van der Waals surface area contributed by atoms with Crippen molar-refractivity contribution < 1.29 is 150 Å². The maximum absolute atomic E-state index is 13.9. The predicted octanol–water partition coefficient (Wildman–Crippen LogP) is 9.03. The molecule has 35 heteroatoms. The molecule has 0 aliphatic rings. The summed E-state index contributed by atoms with van der Waals surface area (Å²) in [6, 6.07) is -4.52. The van der Waals surface area contributed by atoms with Crippen molar-refractivity contribution in [2.75, 3.05) is 0 Å². The number of hydrogen-bond acceptors (Lipinski definition) is 4. The van der Waals surface area contributed by atoms with Crippen LogP contribution in [0.15, 0.2) is 12.1 Å². The molecule has 0 amide bonds. The molecule has 0 radical (unpaired) electrons. The number of hydrogen-bond donors (Lipinski definition) is 1. The zero-order chi connectivity index (χ0) is 41.6. The number of alkyl halides is 26. The fourth-order valence-corrected chi connectivity index (χ4v) is 2.90. The van der Waals surface area contributed by atoms with Gasteiger partial charge in [0.05, 0.1) is 0 Å². The van der Waals surface area contributed by atoms with Crippen molar-refractivity contribution in [3.63, 3.8) is 0 Å². The Labute approximate surface area is 250 Å². The summed E-state index contributed by atoms with van der Waals surface area (Å²) in [5.74, 6) is -85.9. The lowest BCUT2D eigenvalue weighted by atomic mass is 9.87. The van der Waals surface area contributed by atoms with Gasteiger partial charge in [-0.15, -0.1) is 0 Å². The molecular weight excluding hydrogens is 843 g/mol. The minimum Gasteiger partial charge on any atom is -0.398 e. The number of ether oxygens (including phenoxy) is 2. The smallest absolute Gasteiger partial charge is 0.398 e. The van der Waals surface area contributed by atoms with Gasteiger partial charge in [0.25, 0.3) is 0 Å². The molecule has 0 spiro atoms. The van der Waals surface area contributed by atoms with Gasteiger partial charge in [-0.1, -0.05) is 0 Å². The fraction of sp³-hybridized carbons (Fsp3) is 0.867. The number of halogens is 29. The summed E-state index contributed by atoms with van der Waals surface area (Å²) in [6.07, 6.45) is -30.2. The van der Waals surface area contributed by atoms with Crippen molar-refractivity contribution in [2.24, 2.45) is 0 Å². The Morgan fingerprint density at radius 3 is 0.920 bits per heavy atom. The molecule has 0 aromatic heterocycles. The Hall–Kier alpha value is -2.62. The Morgan fingerprint density at radius 2 is 0.680 bits per heavy atom. The molecule has 5 nitrogen and oxygen atoms in total. The van der Waals surface area contributed by atoms with E-state index in [2.05, 4.69) is 0 Å². The van der Waals surface area contributed by atoms with E-state index in [0.29, 0.717) is 0 Å². The molecule has 0 fully saturated rings. The first-order chi connectivity index (χ1) is 21.0. The average molecular weight is 844 g/mol. The van der Waals surface area contributed by atoms with E-state index in [0.717, 1.165) is 4.74 Å². The Balaban J connectivity index is 7.56. The van der Waals surface area contributed by atoms with Crippen LogP contribution in [0.5, 0.6) is 0 Å². The van der Waals surface area contributed by atoms with Crippen molar-refractivity contribution in [1.82, 2.24) is 0 Å². The first-order valence-electron chi connectivity index (χ1n) is 10.0. The van der Waals surface area contributed by atoms with E-state index in [4.69, 9.17) is 4.55 Å². The molecule has 0 saturated carbocycles. The predicted molar refractivity (Wildman–Crippen MR) is 88.4 cm³/mol. The van der Waals surface area contributed by atoms with Crippen LogP contribution in [-0.2, 0) is 19.6 Å². The maximum Gasteiger partial charge on any atom is 0.471 e. The van der Waals surface area contributed by atoms with Crippen molar-refractivity contribution in [2.45, 2.75) is 76.9 Å². The summed E-state index contributed by atoms with van der Waals surface area (Å²) < 4.78 is 417. The van der Waals surface area contributed by atoms with Crippen molar-refractivity contribution in [3.8, 4) is 0 Å². The van der Waals surface area contributed by atoms with E-state index >= 15 is 0 Å². The normalized spacial score (nSPS) is 17.4. The third-order valence-corrected chi connectivity index (χ3v) is 6.09. The van der Waals surface area contributed by atoms with Crippen LogP contribution in [-0.4, -0.2) is 89.9 Å². The maximum atomic E-state index is 13.9. The van der Waals surface area contributed by atoms with E-state index < -0.39 is 99.1 Å². The quantitative estimate of drug-likeness (QED) is 0.101. The highest BCUT2D eigenvalue weighted by atomic mass is 32.2. The summed E-state index contributed by atoms with van der Waals surface area (Å²) in [7, 11) is -8.35. The van der Waals surface area contributed by atoms with Crippen LogP contribution < -0.4 is 0 Å². The van der Waals surface area contributed by atoms with Crippen molar-refractivity contribution in [1.29, 1.82) is 0 Å². The molecule has 1 atom stereocenters. The van der Waals surface area contributed by atoms with E-state index in [1.807, 2.05) is 0 Å². The first-order valence-corrected chi connectivity index (χ1v) is 11.5. The van der Waals surface area contributed by atoms with Gasteiger partial charge in [-0.3, -0.25) is 9.29 Å². The topological polar surface area (TPSA) is 72.8 Å².